The molecule has 1 fully saturated rings. The first-order valence-corrected chi connectivity index (χ1v) is 11.4. The molecule has 9 heteroatoms. The second-order valence-corrected chi connectivity index (χ2v) is 8.62. The van der Waals surface area contributed by atoms with Crippen molar-refractivity contribution >= 4 is 17.4 Å². The Bertz CT molecular complexity index is 1160. The van der Waals surface area contributed by atoms with Crippen LogP contribution in [0.2, 0.25) is 0 Å². The quantitative estimate of drug-likeness (QED) is 0.349. The van der Waals surface area contributed by atoms with Crippen LogP contribution in [0, 0.1) is 0 Å². The summed E-state index contributed by atoms with van der Waals surface area (Å²) in [5, 5.41) is 11.4. The first kappa shape index (κ1) is 24.4. The molecule has 2 aromatic carbocycles. The van der Waals surface area contributed by atoms with Gasteiger partial charge in [-0.05, 0) is 63.5 Å². The zero-order valence-corrected chi connectivity index (χ0v) is 20.4. The summed E-state index contributed by atoms with van der Waals surface area (Å²) < 4.78 is 22.2. The highest BCUT2D eigenvalue weighted by Crippen LogP contribution is 2.44. The summed E-state index contributed by atoms with van der Waals surface area (Å²) in [5.74, 6) is 0.335. The lowest BCUT2D eigenvalue weighted by molar-refractivity contribution is -0.140. The van der Waals surface area contributed by atoms with Gasteiger partial charge in [-0.3, -0.25) is 9.59 Å². The van der Waals surface area contributed by atoms with E-state index < -0.39 is 17.7 Å². The smallest absolute Gasteiger partial charge is 0.295 e. The Balaban J connectivity index is 1.85. The minimum atomic E-state index is -0.851. The second kappa shape index (κ2) is 10.3. The summed E-state index contributed by atoms with van der Waals surface area (Å²) in [4.78, 5) is 30.0. The number of aliphatic hydroxyl groups is 1. The fourth-order valence-corrected chi connectivity index (χ4v) is 4.39. The highest BCUT2D eigenvalue weighted by Gasteiger charge is 2.47. The average molecular weight is 483 g/mol. The molecular formula is C26H30N2O7. The van der Waals surface area contributed by atoms with Crippen molar-refractivity contribution in [2.75, 3.05) is 54.6 Å². The van der Waals surface area contributed by atoms with Gasteiger partial charge in [-0.2, -0.15) is 0 Å². The highest BCUT2D eigenvalue weighted by molar-refractivity contribution is 6.46. The number of benzene rings is 2. The minimum Gasteiger partial charge on any atom is -0.507 e. The summed E-state index contributed by atoms with van der Waals surface area (Å²) in [6.07, 6.45) is 0.646. The van der Waals surface area contributed by atoms with Crippen LogP contribution in [0.5, 0.6) is 23.0 Å². The third-order valence-electron chi connectivity index (χ3n) is 6.09. The molecule has 0 spiro atoms. The van der Waals surface area contributed by atoms with E-state index in [1.54, 1.807) is 36.4 Å². The lowest BCUT2D eigenvalue weighted by Crippen LogP contribution is -2.32. The molecule has 2 heterocycles. The molecule has 0 bridgehead atoms. The van der Waals surface area contributed by atoms with Crippen LogP contribution in [-0.2, 0) is 9.59 Å². The predicted molar refractivity (Wildman–Crippen MR) is 129 cm³/mol. The molecule has 1 atom stereocenters. The largest absolute Gasteiger partial charge is 0.507 e. The third kappa shape index (κ3) is 4.77. The van der Waals surface area contributed by atoms with Gasteiger partial charge in [0.05, 0.1) is 25.8 Å². The van der Waals surface area contributed by atoms with Gasteiger partial charge in [0.25, 0.3) is 11.7 Å². The van der Waals surface area contributed by atoms with Crippen LogP contribution >= 0.6 is 0 Å². The Morgan fingerprint density at radius 3 is 2.49 bits per heavy atom. The number of ether oxygens (including phenoxy) is 4. The maximum atomic E-state index is 13.3. The van der Waals surface area contributed by atoms with Gasteiger partial charge >= 0.3 is 0 Å². The average Bonchev–Trinajstić information content (AvgIpc) is 3.12. The SMILES string of the molecule is COc1ccc(OC)c([C@H]2/C(=C(/O)c3ccc4c(c3)OCCO4)C(=O)C(=O)N2CCCN(C)C)c1. The summed E-state index contributed by atoms with van der Waals surface area (Å²) in [6, 6.07) is 9.27. The number of Topliss-reactive ketones (excluding diaryl/α,β-unsaturated/α-hetero) is 1. The van der Waals surface area contributed by atoms with Crippen LogP contribution in [-0.4, -0.2) is 81.2 Å². The molecular weight excluding hydrogens is 452 g/mol. The Hall–Kier alpha value is -3.72. The molecule has 9 nitrogen and oxygen atoms in total. The van der Waals surface area contributed by atoms with E-state index in [9.17, 15) is 14.7 Å². The zero-order chi connectivity index (χ0) is 25.1. The lowest BCUT2D eigenvalue weighted by Gasteiger charge is -2.27. The van der Waals surface area contributed by atoms with Gasteiger partial charge in [0.2, 0.25) is 0 Å². The fraction of sp³-hybridized carbons (Fsp3) is 0.385. The standard InChI is InChI=1S/C26H30N2O7/c1-27(2)10-5-11-28-23(18-15-17(32-3)7-9-19(18)33-4)22(25(30)26(28)31)24(29)16-6-8-20-21(14-16)35-13-12-34-20/h6-9,14-15,23,29H,5,10-13H2,1-4H3/b24-22-/t23-/m0/s1. The molecule has 0 unspecified atom stereocenters. The van der Waals surface area contributed by atoms with Crippen LogP contribution in [0.1, 0.15) is 23.6 Å². The van der Waals surface area contributed by atoms with Crippen LogP contribution in [0.3, 0.4) is 0 Å². The Morgan fingerprint density at radius 1 is 1.06 bits per heavy atom. The summed E-state index contributed by atoms with van der Waals surface area (Å²) in [5.41, 5.74) is 0.894. The maximum absolute atomic E-state index is 13.3. The highest BCUT2D eigenvalue weighted by atomic mass is 16.6. The van der Waals surface area contributed by atoms with E-state index >= 15 is 0 Å². The van der Waals surface area contributed by atoms with Crippen molar-refractivity contribution in [3.05, 3.63) is 53.1 Å². The number of ketones is 1. The van der Waals surface area contributed by atoms with Gasteiger partial charge in [-0.15, -0.1) is 0 Å². The molecule has 0 saturated carbocycles. The molecule has 1 amide bonds. The minimum absolute atomic E-state index is 0.0110. The lowest BCUT2D eigenvalue weighted by atomic mass is 9.94. The van der Waals surface area contributed by atoms with E-state index in [1.807, 2.05) is 19.0 Å². The van der Waals surface area contributed by atoms with Crippen LogP contribution in [0.15, 0.2) is 42.0 Å². The molecule has 1 saturated heterocycles. The van der Waals surface area contributed by atoms with Crippen molar-refractivity contribution < 1.29 is 33.6 Å². The number of carbonyl (C=O) groups is 2. The normalized spacial score (nSPS) is 18.8. The molecule has 35 heavy (non-hydrogen) atoms. The molecule has 2 aliphatic heterocycles. The Kier molecular flexibility index (Phi) is 7.16. The molecule has 2 aliphatic rings. The van der Waals surface area contributed by atoms with Gasteiger partial charge in [0.15, 0.2) is 11.5 Å². The summed E-state index contributed by atoms with van der Waals surface area (Å²) in [7, 11) is 6.94. The molecule has 0 aliphatic carbocycles. The van der Waals surface area contributed by atoms with E-state index in [4.69, 9.17) is 18.9 Å². The van der Waals surface area contributed by atoms with E-state index in [0.29, 0.717) is 60.3 Å². The van der Waals surface area contributed by atoms with Crippen molar-refractivity contribution in [3.63, 3.8) is 0 Å². The topological polar surface area (TPSA) is 97.8 Å². The van der Waals surface area contributed by atoms with Gasteiger partial charge in [0.1, 0.15) is 30.5 Å². The van der Waals surface area contributed by atoms with Crippen LogP contribution < -0.4 is 18.9 Å². The summed E-state index contributed by atoms with van der Waals surface area (Å²) >= 11 is 0. The van der Waals surface area contributed by atoms with Gasteiger partial charge in [0, 0.05) is 17.7 Å². The zero-order valence-electron chi connectivity index (χ0n) is 20.4. The number of methoxy groups -OCH3 is 2. The second-order valence-electron chi connectivity index (χ2n) is 8.62. The van der Waals surface area contributed by atoms with Gasteiger partial charge in [-0.25, -0.2) is 0 Å². The first-order valence-electron chi connectivity index (χ1n) is 11.4. The van der Waals surface area contributed by atoms with Crippen molar-refractivity contribution in [1.82, 2.24) is 9.80 Å². The Labute approximate surface area is 204 Å². The number of hydrogen-bond donors (Lipinski definition) is 1. The van der Waals surface area contributed by atoms with Crippen molar-refractivity contribution in [3.8, 4) is 23.0 Å². The van der Waals surface area contributed by atoms with Crippen molar-refractivity contribution in [1.29, 1.82) is 0 Å². The fourth-order valence-electron chi connectivity index (χ4n) is 4.39. The van der Waals surface area contributed by atoms with E-state index in [0.717, 1.165) is 6.54 Å². The first-order chi connectivity index (χ1) is 16.8. The molecule has 2 aromatic rings. The van der Waals surface area contributed by atoms with Crippen molar-refractivity contribution in [2.45, 2.75) is 12.5 Å². The number of rotatable bonds is 8. The molecule has 1 N–H and O–H groups in total. The summed E-state index contributed by atoms with van der Waals surface area (Å²) in [6.45, 7) is 1.87. The predicted octanol–water partition coefficient (Wildman–Crippen LogP) is 2.85. The number of likely N-dealkylation sites (tertiary alicyclic amines) is 1. The number of aliphatic hydroxyl groups excluding tert-OH is 1. The van der Waals surface area contributed by atoms with Crippen molar-refractivity contribution in [2.24, 2.45) is 0 Å². The monoisotopic (exact) mass is 482 g/mol. The number of amides is 1. The number of hydrogen-bond acceptors (Lipinski definition) is 8. The van der Waals surface area contributed by atoms with E-state index in [1.165, 1.54) is 19.1 Å². The molecule has 186 valence electrons. The number of carbonyl (C=O) groups excluding carboxylic acids is 2. The van der Waals surface area contributed by atoms with Gasteiger partial charge in [-0.1, -0.05) is 0 Å². The Morgan fingerprint density at radius 2 is 1.80 bits per heavy atom. The van der Waals surface area contributed by atoms with Crippen LogP contribution in [0.25, 0.3) is 5.76 Å². The van der Waals surface area contributed by atoms with Gasteiger partial charge < -0.3 is 33.9 Å². The van der Waals surface area contributed by atoms with E-state index in [-0.39, 0.29) is 11.3 Å². The number of fused-ring (bicyclic) bond motifs is 1. The van der Waals surface area contributed by atoms with Crippen LogP contribution in [0.4, 0.5) is 0 Å². The molecule has 4 rings (SSSR count). The molecule has 0 radical (unpaired) electrons. The van der Waals surface area contributed by atoms with E-state index in [2.05, 4.69) is 0 Å². The third-order valence-corrected chi connectivity index (χ3v) is 6.09. The molecule has 0 aromatic heterocycles. The number of nitrogens with zero attached hydrogens (tertiary/aromatic N) is 2. The maximum Gasteiger partial charge on any atom is 0.295 e.